The quantitative estimate of drug-likeness (QED) is 0.0247. The van der Waals surface area contributed by atoms with E-state index in [4.69, 9.17) is 71.1 Å². The Bertz CT molecular complexity index is 4170. The number of esters is 1. The average molecular weight is 1940 g/mol. The van der Waals surface area contributed by atoms with Gasteiger partial charge in [-0.05, 0) is 214 Å². The van der Waals surface area contributed by atoms with Gasteiger partial charge in [0.1, 0.15) is 139 Å². The molecular formula is C97H155NO38. The number of allylic oxidation sites excluding steroid dienone is 2. The van der Waals surface area contributed by atoms with Gasteiger partial charge < -0.3 is 178 Å². The normalized spacial score (nSPS) is 52.9. The molecule has 0 aromatic carbocycles. The first-order valence-corrected chi connectivity index (χ1v) is 50.1. The predicted molar refractivity (Wildman–Crippen MR) is 468 cm³/mol. The first-order chi connectivity index (χ1) is 64.0. The van der Waals surface area contributed by atoms with Gasteiger partial charge >= 0.3 is 18.0 Å². The van der Waals surface area contributed by atoms with E-state index < -0.39 is 310 Å². The molecule has 18 unspecified atom stereocenters. The van der Waals surface area contributed by atoms with Gasteiger partial charge in [0.05, 0.1) is 69.4 Å². The standard InChI is InChI=1S/C97H155NO38/c1-42(2)14-13-15-43(3)48-18-19-49-47-17-16-45-32-46(22-26-90(45,7)50(47)23-27-91(48,49)8)126-88(120)98-61-55(35-99)127-84(76(64(61)108)134-82-69(113)66(110)72(44(4)125-82)130-81-71(115)73(54(104)38-123-81)131-86-78(116)96(121,40-102)41-124-86)136-87(119)97-31-30-89(5,6)33-52(97)51-20-21-58-92(9)28-25-60(93(10,39-101)57(92)24-29-94(58,11)95(51,12)34-59(97)105)129-85-77(135-83-68(112)65(109)63(107)56(36-100)128-83)74(70(114)75(133-85)79(117)118)132-80-67(111)62(106)53(103)37-122-80/h20,39,42-50,52-78,80-86,99-100,102-116,121H,13-19,21-38,40-41H2,1-12H3,(H,98,120)(H,117,118)/t43-,44?,45+,46+,47+,48-,49+,50+,52?,53-,54-,55?,56?,57-,58?,59?,60+,61+,62+,63+,64?,65+,66?,67?,68?,69?,70+,71?,72+,73?,74+,75?,76?,77?,78-,80+,81+,82+,83+,84+,85-,86+,90+,91-,92?,93-,94+,95-,96?,97-/m1/s1. The fourth-order valence-electron chi connectivity index (χ4n) is 29.9. The molecule has 136 heavy (non-hydrogen) atoms. The Morgan fingerprint density at radius 3 is 1.85 bits per heavy atom. The number of rotatable bonds is 26. The van der Waals surface area contributed by atoms with E-state index in [9.17, 15) is 111 Å². The van der Waals surface area contributed by atoms with Crippen molar-refractivity contribution in [2.24, 2.45) is 102 Å². The summed E-state index contributed by atoms with van der Waals surface area (Å²) in [5.74, 6) is -0.133. The fourth-order valence-corrected chi connectivity index (χ4v) is 29.9. The first kappa shape index (κ1) is 105. The van der Waals surface area contributed by atoms with E-state index in [-0.39, 0.29) is 36.5 Å². The number of aldehydes is 1. The number of carbonyl (C=O) groups excluding carboxylic acids is 3. The van der Waals surface area contributed by atoms with Crippen LogP contribution in [0.15, 0.2) is 11.6 Å². The highest BCUT2D eigenvalue weighted by atomic mass is 16.8. The summed E-state index contributed by atoms with van der Waals surface area (Å²) in [4.78, 5) is 58.9. The maximum Gasteiger partial charge on any atom is 0.407 e. The summed E-state index contributed by atoms with van der Waals surface area (Å²) >= 11 is 0. The molecule has 0 spiro atoms. The minimum Gasteiger partial charge on any atom is -0.479 e. The number of aliphatic carboxylic acids is 1. The fraction of sp³-hybridized carbons (Fsp3) is 0.938. The number of hydrogen-bond donors (Lipinski definition) is 20. The van der Waals surface area contributed by atoms with Crippen molar-refractivity contribution in [2.45, 2.75) is 426 Å². The van der Waals surface area contributed by atoms with Crippen molar-refractivity contribution in [3.63, 3.8) is 0 Å². The third kappa shape index (κ3) is 18.3. The number of fused-ring (bicyclic) bond motifs is 12. The van der Waals surface area contributed by atoms with Gasteiger partial charge in [0.2, 0.25) is 6.29 Å². The minimum absolute atomic E-state index is 0.0140. The smallest absolute Gasteiger partial charge is 0.407 e. The molecule has 39 nitrogen and oxygen atoms in total. The Morgan fingerprint density at radius 1 is 0.537 bits per heavy atom. The van der Waals surface area contributed by atoms with Crippen LogP contribution in [0.25, 0.3) is 0 Å². The van der Waals surface area contributed by atoms with Gasteiger partial charge in [-0.1, -0.05) is 107 Å². The van der Waals surface area contributed by atoms with E-state index in [2.05, 4.69) is 80.6 Å². The molecule has 15 fully saturated rings. The summed E-state index contributed by atoms with van der Waals surface area (Å²) in [6.45, 7) is 21.3. The number of amides is 1. The van der Waals surface area contributed by atoms with Gasteiger partial charge in [-0.2, -0.15) is 0 Å². The van der Waals surface area contributed by atoms with Crippen LogP contribution in [0.4, 0.5) is 4.79 Å². The molecule has 7 saturated heterocycles. The summed E-state index contributed by atoms with van der Waals surface area (Å²) in [6.07, 6.45) is -40.4. The van der Waals surface area contributed by atoms with E-state index in [0.717, 1.165) is 31.1 Å². The lowest BCUT2D eigenvalue weighted by atomic mass is 9.33. The zero-order valence-corrected chi connectivity index (χ0v) is 80.3. The average Bonchev–Trinajstić information content (AvgIpc) is 0.810. The van der Waals surface area contributed by atoms with E-state index in [1.807, 2.05) is 0 Å². The number of alkyl carbamates (subject to hydrolysis) is 1. The molecule has 20 N–H and O–H groups in total. The SMILES string of the molecule is CC(C)CCC[C@@H](C)[C@H]1CC[C@H]2[C@@H]3CC[C@H]4C[C@@H](OC(=O)N[C@H]5C(CO)O[C@@H](OC(=O)[C@]67CCC(C)(C)CC6C6=CCC8C9(C)CC[C@H](O[C@@H]%10OC(C(=O)O)[C@@H](O)[C@H](O[C@@H]%11OC[C@@H](O)[C@H](O)C%11O)C%10O[C@@H]%10OC(CO)[C@H](O)[C@H](O)C%10O)[C@](C)(C=O)[C@@H]9CC[C@]8(C)[C@]6(C)CC7O)C(O[C@@H]6OC(C)[C@H](O[C@@H]7OC[C@@H](O)C(O[C@@H]8OCC(O)(CO)[C@@H]8O)C7O)C(O)C6O)C5O)CC[C@]4(C)[C@H]3CC[C@]12C. The van der Waals surface area contributed by atoms with Crippen LogP contribution < -0.4 is 5.32 Å². The van der Waals surface area contributed by atoms with Crippen LogP contribution in [0.2, 0.25) is 0 Å². The first-order valence-electron chi connectivity index (χ1n) is 50.1. The van der Waals surface area contributed by atoms with E-state index in [1.54, 1.807) is 6.92 Å². The molecule has 16 aliphatic rings. The summed E-state index contributed by atoms with van der Waals surface area (Å²) < 4.78 is 92.1. The van der Waals surface area contributed by atoms with Crippen LogP contribution in [0.1, 0.15) is 218 Å². The summed E-state index contributed by atoms with van der Waals surface area (Å²) in [5.41, 5.74) is -7.05. The van der Waals surface area contributed by atoms with E-state index in [1.165, 1.54) is 51.9 Å². The summed E-state index contributed by atoms with van der Waals surface area (Å²) in [5, 5.41) is 218. The molecule has 0 aromatic rings. The van der Waals surface area contributed by atoms with Crippen molar-refractivity contribution < 1.29 is 187 Å². The Kier molecular flexibility index (Phi) is 30.9. The van der Waals surface area contributed by atoms with Gasteiger partial charge in [-0.3, -0.25) is 4.79 Å². The topological polar surface area (TPSA) is 603 Å². The lowest BCUT2D eigenvalue weighted by Gasteiger charge is -2.71. The second kappa shape index (κ2) is 40.0. The number of ether oxygens (including phenoxy) is 15. The third-order valence-corrected chi connectivity index (χ3v) is 38.0. The maximum atomic E-state index is 16.5. The van der Waals surface area contributed by atoms with Crippen molar-refractivity contribution >= 4 is 24.3 Å². The number of aliphatic hydroxyl groups is 18. The van der Waals surface area contributed by atoms with Crippen molar-refractivity contribution in [2.75, 3.05) is 39.6 Å². The zero-order chi connectivity index (χ0) is 98.5. The molecule has 39 heteroatoms. The largest absolute Gasteiger partial charge is 0.479 e. The highest BCUT2D eigenvalue weighted by Gasteiger charge is 2.74. The van der Waals surface area contributed by atoms with Gasteiger partial charge in [0.25, 0.3) is 0 Å². The zero-order valence-electron chi connectivity index (χ0n) is 80.3. The number of carbonyl (C=O) groups is 4. The van der Waals surface area contributed by atoms with Crippen LogP contribution in [-0.4, -0.2) is 369 Å². The molecule has 7 heterocycles. The molecule has 1 amide bonds. The molecule has 8 saturated carbocycles. The molecule has 0 radical (unpaired) electrons. The van der Waals surface area contributed by atoms with Crippen LogP contribution in [0.3, 0.4) is 0 Å². The molecule has 776 valence electrons. The van der Waals surface area contributed by atoms with Crippen LogP contribution in [-0.2, 0) is 85.4 Å². The summed E-state index contributed by atoms with van der Waals surface area (Å²) in [6, 6.07) is -1.60. The number of carboxylic acid groups (broad SMARTS) is 1. The van der Waals surface area contributed by atoms with Crippen LogP contribution in [0, 0.1) is 102 Å². The van der Waals surface area contributed by atoms with Gasteiger partial charge in [-0.25, -0.2) is 9.59 Å². The lowest BCUT2D eigenvalue weighted by molar-refractivity contribution is -0.391. The second-order valence-corrected chi connectivity index (χ2v) is 46.4. The Hall–Kier alpha value is -3.62. The highest BCUT2D eigenvalue weighted by Crippen LogP contribution is 2.77. The van der Waals surface area contributed by atoms with Crippen molar-refractivity contribution in [3.05, 3.63) is 11.6 Å². The predicted octanol–water partition coefficient (Wildman–Crippen LogP) is 0.850. The summed E-state index contributed by atoms with van der Waals surface area (Å²) in [7, 11) is 0. The molecule has 0 bridgehead atoms. The lowest BCUT2D eigenvalue weighted by Crippen LogP contribution is -2.70. The minimum atomic E-state index is -2.24. The van der Waals surface area contributed by atoms with Crippen molar-refractivity contribution in [1.29, 1.82) is 0 Å². The van der Waals surface area contributed by atoms with Crippen LogP contribution >= 0.6 is 0 Å². The van der Waals surface area contributed by atoms with Crippen molar-refractivity contribution in [3.8, 4) is 0 Å². The molecule has 9 aliphatic carbocycles. The molecule has 50 atom stereocenters. The third-order valence-electron chi connectivity index (χ3n) is 38.0. The van der Waals surface area contributed by atoms with E-state index >= 15 is 4.79 Å². The number of nitrogens with one attached hydrogen (secondary N) is 1. The molecular weight excluding hydrogens is 1790 g/mol. The van der Waals surface area contributed by atoms with Gasteiger partial charge in [0, 0.05) is 0 Å². The van der Waals surface area contributed by atoms with Gasteiger partial charge in [-0.15, -0.1) is 0 Å². The number of aliphatic hydroxyl groups excluding tert-OH is 17. The molecule has 16 rings (SSSR count). The maximum absolute atomic E-state index is 16.5. The second-order valence-electron chi connectivity index (χ2n) is 46.4. The Labute approximate surface area is 793 Å². The Balaban J connectivity index is 0.651. The monoisotopic (exact) mass is 1940 g/mol. The number of hydrogen-bond acceptors (Lipinski definition) is 37. The van der Waals surface area contributed by atoms with E-state index in [0.29, 0.717) is 92.3 Å². The van der Waals surface area contributed by atoms with Gasteiger partial charge in [0.15, 0.2) is 49.9 Å². The molecule has 7 aliphatic heterocycles. The van der Waals surface area contributed by atoms with Crippen molar-refractivity contribution in [1.82, 2.24) is 5.32 Å². The Morgan fingerprint density at radius 2 is 1.17 bits per heavy atom. The number of carboxylic acids is 1. The molecule has 0 aromatic heterocycles. The highest BCUT2D eigenvalue weighted by molar-refractivity contribution is 5.80. The van der Waals surface area contributed by atoms with Crippen LogP contribution in [0.5, 0.6) is 0 Å².